The van der Waals surface area contributed by atoms with Crippen molar-refractivity contribution in [3.8, 4) is 0 Å². The zero-order chi connectivity index (χ0) is 15.9. The summed E-state index contributed by atoms with van der Waals surface area (Å²) in [7, 11) is -3.56. The maximum Gasteiger partial charge on any atom is 0.243 e. The van der Waals surface area contributed by atoms with Gasteiger partial charge < -0.3 is 15.6 Å². The van der Waals surface area contributed by atoms with Crippen LogP contribution in [0.5, 0.6) is 0 Å². The molecule has 1 fully saturated rings. The summed E-state index contributed by atoms with van der Waals surface area (Å²) in [5.41, 5.74) is 5.88. The average molecular weight is 339 g/mol. The van der Waals surface area contributed by atoms with Crippen LogP contribution < -0.4 is 10.8 Å². The molecule has 1 aliphatic rings. The predicted molar refractivity (Wildman–Crippen MR) is 83.2 cm³/mol. The number of carbonyl (C=O) groups is 1. The highest BCUT2D eigenvalue weighted by molar-refractivity contribution is 7.89. The van der Waals surface area contributed by atoms with Gasteiger partial charge in [-0.3, -0.25) is 0 Å². The summed E-state index contributed by atoms with van der Waals surface area (Å²) in [6.07, 6.45) is 2.76. The van der Waals surface area contributed by atoms with Gasteiger partial charge in [-0.1, -0.05) is 6.42 Å². The number of piperidine rings is 1. The van der Waals surface area contributed by atoms with Gasteiger partial charge in [-0.15, -0.1) is 11.3 Å². The van der Waals surface area contributed by atoms with Crippen LogP contribution in [0.2, 0.25) is 0 Å². The van der Waals surface area contributed by atoms with Crippen LogP contribution in [-0.4, -0.2) is 31.8 Å². The van der Waals surface area contributed by atoms with E-state index in [0.717, 1.165) is 30.6 Å². The highest BCUT2D eigenvalue weighted by Crippen LogP contribution is 2.35. The summed E-state index contributed by atoms with van der Waals surface area (Å²) in [6.45, 7) is 1.04. The lowest BCUT2D eigenvalue weighted by Crippen LogP contribution is -2.35. The number of benzene rings is 1. The number of hydrogen-bond donors (Lipinski definition) is 1. The van der Waals surface area contributed by atoms with Crippen LogP contribution in [0, 0.1) is 0 Å². The molecule has 0 aliphatic carbocycles. The molecule has 0 amide bonds. The van der Waals surface area contributed by atoms with Crippen LogP contribution in [0.15, 0.2) is 23.1 Å². The van der Waals surface area contributed by atoms with Crippen LogP contribution in [-0.2, 0) is 10.0 Å². The minimum absolute atomic E-state index is 0.0655. The fourth-order valence-electron chi connectivity index (χ4n) is 2.66. The van der Waals surface area contributed by atoms with E-state index in [-0.39, 0.29) is 15.5 Å². The topological polar surface area (TPSA) is 104 Å². The number of nitrogens with two attached hydrogens (primary N) is 1. The molecule has 3 rings (SSSR count). The number of carbonyl (C=O) groups excluding carboxylic acids is 1. The average Bonchev–Trinajstić information content (AvgIpc) is 2.85. The first-order valence-corrected chi connectivity index (χ1v) is 9.20. The molecule has 1 aromatic carbocycles. The molecule has 0 unspecified atom stereocenters. The lowest BCUT2D eigenvalue weighted by atomic mass is 10.2. The summed E-state index contributed by atoms with van der Waals surface area (Å²) < 4.78 is 27.4. The minimum Gasteiger partial charge on any atom is -0.544 e. The van der Waals surface area contributed by atoms with E-state index in [0.29, 0.717) is 23.2 Å². The van der Waals surface area contributed by atoms with Gasteiger partial charge in [-0.25, -0.2) is 8.42 Å². The predicted octanol–water partition coefficient (Wildman–Crippen LogP) is 1.02. The first-order valence-electron chi connectivity index (χ1n) is 6.95. The Morgan fingerprint density at radius 1 is 1.23 bits per heavy atom. The molecule has 8 heteroatoms. The second-order valence-corrected chi connectivity index (χ2v) is 8.25. The number of aromatic carboxylic acids is 1. The number of carboxylic acid groups (broad SMARTS) is 1. The summed E-state index contributed by atoms with van der Waals surface area (Å²) in [5, 5.41) is 11.5. The molecule has 0 radical (unpaired) electrons. The van der Waals surface area contributed by atoms with Crippen molar-refractivity contribution in [1.82, 2.24) is 4.31 Å². The van der Waals surface area contributed by atoms with Crippen molar-refractivity contribution in [2.24, 2.45) is 0 Å². The third-order valence-electron chi connectivity index (χ3n) is 3.84. The van der Waals surface area contributed by atoms with E-state index in [1.807, 2.05) is 0 Å². The lowest BCUT2D eigenvalue weighted by Gasteiger charge is -2.25. The number of nitrogens with zero attached hydrogens (tertiary/aromatic N) is 1. The monoisotopic (exact) mass is 339 g/mol. The summed E-state index contributed by atoms with van der Waals surface area (Å²) in [4.78, 5) is 11.1. The summed E-state index contributed by atoms with van der Waals surface area (Å²) >= 11 is 0.991. The van der Waals surface area contributed by atoms with Gasteiger partial charge in [-0.05, 0) is 31.0 Å². The van der Waals surface area contributed by atoms with Gasteiger partial charge in [-0.2, -0.15) is 4.31 Å². The molecular formula is C14H15N2O4S2-. The van der Waals surface area contributed by atoms with E-state index in [2.05, 4.69) is 0 Å². The molecule has 6 nitrogen and oxygen atoms in total. The lowest BCUT2D eigenvalue weighted by molar-refractivity contribution is -0.254. The number of fused-ring (bicyclic) bond motifs is 1. The van der Waals surface area contributed by atoms with E-state index in [1.54, 1.807) is 6.07 Å². The standard InChI is InChI=1S/C14H16N2O4S2/c15-12-10-8-9(4-5-11(10)21-13(12)14(17)18)22(19,20)16-6-2-1-3-7-16/h4-5,8H,1-3,6-7,15H2,(H,17,18)/p-1. The first kappa shape index (κ1) is 15.3. The first-order chi connectivity index (χ1) is 10.4. The molecular weight excluding hydrogens is 324 g/mol. The molecule has 0 bridgehead atoms. The van der Waals surface area contributed by atoms with Crippen LogP contribution >= 0.6 is 11.3 Å². The van der Waals surface area contributed by atoms with Crippen molar-refractivity contribution >= 4 is 43.1 Å². The second-order valence-electron chi connectivity index (χ2n) is 5.26. The Labute approximate surface area is 132 Å². The Kier molecular flexibility index (Phi) is 3.84. The van der Waals surface area contributed by atoms with Gasteiger partial charge in [0, 0.05) is 23.2 Å². The van der Waals surface area contributed by atoms with Crippen molar-refractivity contribution in [2.45, 2.75) is 24.2 Å². The maximum atomic E-state index is 12.6. The fourth-order valence-corrected chi connectivity index (χ4v) is 5.14. The van der Waals surface area contributed by atoms with E-state index in [1.165, 1.54) is 16.4 Å². The SMILES string of the molecule is Nc1c(C(=O)[O-])sc2ccc(S(=O)(=O)N3CCCCC3)cc12. The van der Waals surface area contributed by atoms with Gasteiger partial charge in [0.2, 0.25) is 10.0 Å². The molecule has 1 aliphatic heterocycles. The van der Waals surface area contributed by atoms with Crippen molar-refractivity contribution in [3.63, 3.8) is 0 Å². The second kappa shape index (κ2) is 5.53. The zero-order valence-corrected chi connectivity index (χ0v) is 13.4. The Bertz CT molecular complexity index is 836. The highest BCUT2D eigenvalue weighted by atomic mass is 32.2. The van der Waals surface area contributed by atoms with Crippen molar-refractivity contribution in [2.75, 3.05) is 18.8 Å². The Balaban J connectivity index is 2.08. The quantitative estimate of drug-likeness (QED) is 0.899. The summed E-state index contributed by atoms with van der Waals surface area (Å²) in [6, 6.07) is 4.55. The number of rotatable bonds is 3. The molecule has 0 saturated carbocycles. The van der Waals surface area contributed by atoms with Crippen molar-refractivity contribution in [3.05, 3.63) is 23.1 Å². The number of sulfonamides is 1. The third-order valence-corrected chi connectivity index (χ3v) is 6.90. The highest BCUT2D eigenvalue weighted by Gasteiger charge is 2.26. The van der Waals surface area contributed by atoms with Gasteiger partial charge in [0.05, 0.1) is 21.4 Å². The summed E-state index contributed by atoms with van der Waals surface area (Å²) in [5.74, 6) is -1.35. The van der Waals surface area contributed by atoms with Crippen LogP contribution in [0.3, 0.4) is 0 Å². The van der Waals surface area contributed by atoms with Crippen molar-refractivity contribution < 1.29 is 18.3 Å². The third kappa shape index (κ3) is 2.47. The van der Waals surface area contributed by atoms with Crippen LogP contribution in [0.25, 0.3) is 10.1 Å². The molecule has 2 aromatic rings. The van der Waals surface area contributed by atoms with E-state index in [4.69, 9.17) is 5.73 Å². The number of carboxylic acids is 1. The molecule has 118 valence electrons. The Morgan fingerprint density at radius 3 is 2.55 bits per heavy atom. The smallest absolute Gasteiger partial charge is 0.243 e. The minimum atomic E-state index is -3.56. The molecule has 0 spiro atoms. The van der Waals surface area contributed by atoms with Gasteiger partial charge in [0.1, 0.15) is 0 Å². The van der Waals surface area contributed by atoms with E-state index >= 15 is 0 Å². The van der Waals surface area contributed by atoms with Gasteiger partial charge >= 0.3 is 0 Å². The molecule has 0 atom stereocenters. The molecule has 1 saturated heterocycles. The maximum absolute atomic E-state index is 12.6. The number of thiophene rings is 1. The Hall–Kier alpha value is -1.64. The van der Waals surface area contributed by atoms with Crippen LogP contribution in [0.1, 0.15) is 28.9 Å². The van der Waals surface area contributed by atoms with Crippen LogP contribution in [0.4, 0.5) is 5.69 Å². The largest absolute Gasteiger partial charge is 0.544 e. The number of nitrogen functional groups attached to an aromatic ring is 1. The van der Waals surface area contributed by atoms with Crippen molar-refractivity contribution in [1.29, 1.82) is 0 Å². The zero-order valence-electron chi connectivity index (χ0n) is 11.7. The van der Waals surface area contributed by atoms with Gasteiger partial charge in [0.25, 0.3) is 0 Å². The Morgan fingerprint density at radius 2 is 1.91 bits per heavy atom. The van der Waals surface area contributed by atoms with E-state index < -0.39 is 16.0 Å². The van der Waals surface area contributed by atoms with E-state index in [9.17, 15) is 18.3 Å². The van der Waals surface area contributed by atoms with Gasteiger partial charge in [0.15, 0.2) is 0 Å². The number of hydrogen-bond acceptors (Lipinski definition) is 6. The fraction of sp³-hybridized carbons (Fsp3) is 0.357. The molecule has 2 N–H and O–H groups in total. The number of anilines is 1. The molecule has 1 aromatic heterocycles. The molecule has 22 heavy (non-hydrogen) atoms. The normalized spacial score (nSPS) is 16.9. The molecule has 2 heterocycles.